The molecule has 0 bridgehead atoms. The maximum absolute atomic E-state index is 8.49. The highest BCUT2D eigenvalue weighted by molar-refractivity contribution is 5.58. The summed E-state index contributed by atoms with van der Waals surface area (Å²) < 4.78 is 0. The van der Waals surface area contributed by atoms with E-state index in [2.05, 4.69) is 10.3 Å². The first-order valence-electron chi connectivity index (χ1n) is 3.11. The number of aromatic nitrogens is 1. The molecule has 4 heteroatoms. The molecule has 0 spiro atoms. The van der Waals surface area contributed by atoms with Crippen LogP contribution < -0.4 is 11.1 Å². The maximum atomic E-state index is 8.49. The summed E-state index contributed by atoms with van der Waals surface area (Å²) in [4.78, 5) is 3.92. The maximum Gasteiger partial charge on any atom is 0.127 e. The van der Waals surface area contributed by atoms with Gasteiger partial charge in [-0.05, 0) is 0 Å². The normalized spacial score (nSPS) is 8.73. The van der Waals surface area contributed by atoms with Crippen molar-refractivity contribution in [1.29, 1.82) is 5.26 Å². The van der Waals surface area contributed by atoms with Crippen molar-refractivity contribution < 1.29 is 0 Å². The highest BCUT2D eigenvalue weighted by atomic mass is 15.0. The van der Waals surface area contributed by atoms with E-state index in [-0.39, 0.29) is 0 Å². The molecular weight excluding hydrogens is 140 g/mol. The van der Waals surface area contributed by atoms with E-state index in [1.54, 1.807) is 13.1 Å². The number of hydrogen-bond donors (Lipinski definition) is 2. The fourth-order valence-corrected chi connectivity index (χ4v) is 0.701. The summed E-state index contributed by atoms with van der Waals surface area (Å²) in [5.74, 6) is 0.668. The third kappa shape index (κ3) is 1.38. The van der Waals surface area contributed by atoms with Crippen molar-refractivity contribution in [2.75, 3.05) is 18.1 Å². The van der Waals surface area contributed by atoms with E-state index in [9.17, 15) is 0 Å². The van der Waals surface area contributed by atoms with Crippen LogP contribution in [0.1, 0.15) is 5.56 Å². The molecule has 0 amide bonds. The lowest BCUT2D eigenvalue weighted by molar-refractivity contribution is 1.27. The molecular formula is C7H8N4. The molecule has 0 unspecified atom stereocenters. The summed E-state index contributed by atoms with van der Waals surface area (Å²) in [5.41, 5.74) is 6.36. The molecule has 1 aromatic rings. The molecule has 0 aliphatic heterocycles. The second-order valence-corrected chi connectivity index (χ2v) is 2.02. The Hall–Kier alpha value is -1.76. The standard InChI is InChI=1S/C7H8N4/c1-10-7-2-6(9)5(3-8)4-11-7/h2,4H,1H3,(H3,9,10,11). The van der Waals surface area contributed by atoms with Crippen LogP contribution in [0, 0.1) is 11.3 Å². The van der Waals surface area contributed by atoms with Gasteiger partial charge in [-0.2, -0.15) is 5.26 Å². The van der Waals surface area contributed by atoms with E-state index in [0.717, 1.165) is 0 Å². The van der Waals surface area contributed by atoms with Crippen LogP contribution in [-0.2, 0) is 0 Å². The smallest absolute Gasteiger partial charge is 0.127 e. The number of nitrogen functional groups attached to an aromatic ring is 1. The summed E-state index contributed by atoms with van der Waals surface area (Å²) in [6.45, 7) is 0. The summed E-state index contributed by atoms with van der Waals surface area (Å²) in [5, 5.41) is 11.3. The van der Waals surface area contributed by atoms with Crippen LogP contribution in [0.2, 0.25) is 0 Å². The molecule has 0 fully saturated rings. The monoisotopic (exact) mass is 148 g/mol. The number of rotatable bonds is 1. The first kappa shape index (κ1) is 7.35. The van der Waals surface area contributed by atoms with Gasteiger partial charge in [0.05, 0.1) is 11.3 Å². The number of anilines is 2. The van der Waals surface area contributed by atoms with Crippen LogP contribution >= 0.6 is 0 Å². The third-order valence-electron chi connectivity index (χ3n) is 1.31. The summed E-state index contributed by atoms with van der Waals surface area (Å²) >= 11 is 0. The lowest BCUT2D eigenvalue weighted by Crippen LogP contribution is -1.96. The number of nitrogens with one attached hydrogen (secondary N) is 1. The molecule has 0 aromatic carbocycles. The van der Waals surface area contributed by atoms with Gasteiger partial charge in [-0.15, -0.1) is 0 Å². The van der Waals surface area contributed by atoms with Crippen LogP contribution in [-0.4, -0.2) is 12.0 Å². The van der Waals surface area contributed by atoms with Gasteiger partial charge in [0.25, 0.3) is 0 Å². The molecule has 3 N–H and O–H groups in total. The van der Waals surface area contributed by atoms with E-state index < -0.39 is 0 Å². The zero-order valence-electron chi connectivity index (χ0n) is 6.13. The van der Waals surface area contributed by atoms with Gasteiger partial charge in [-0.25, -0.2) is 4.98 Å². The Morgan fingerprint density at radius 2 is 2.45 bits per heavy atom. The molecule has 0 saturated heterocycles. The third-order valence-corrected chi connectivity index (χ3v) is 1.31. The van der Waals surface area contributed by atoms with Gasteiger partial charge in [0.15, 0.2) is 0 Å². The van der Waals surface area contributed by atoms with Crippen molar-refractivity contribution >= 4 is 11.5 Å². The molecule has 0 aliphatic rings. The first-order chi connectivity index (χ1) is 5.27. The number of nitriles is 1. The number of nitrogens with zero attached hydrogens (tertiary/aromatic N) is 2. The van der Waals surface area contributed by atoms with E-state index in [4.69, 9.17) is 11.0 Å². The number of hydrogen-bond acceptors (Lipinski definition) is 4. The Kier molecular flexibility index (Phi) is 1.93. The van der Waals surface area contributed by atoms with Gasteiger partial charge in [0, 0.05) is 19.3 Å². The predicted molar refractivity (Wildman–Crippen MR) is 42.9 cm³/mol. The van der Waals surface area contributed by atoms with E-state index in [1.807, 2.05) is 6.07 Å². The Bertz CT molecular complexity index is 300. The number of nitrogens with two attached hydrogens (primary N) is 1. The molecule has 1 rings (SSSR count). The molecule has 1 aromatic heterocycles. The zero-order valence-corrected chi connectivity index (χ0v) is 6.13. The second-order valence-electron chi connectivity index (χ2n) is 2.02. The predicted octanol–water partition coefficient (Wildman–Crippen LogP) is 0.577. The Morgan fingerprint density at radius 1 is 1.73 bits per heavy atom. The fourth-order valence-electron chi connectivity index (χ4n) is 0.701. The molecule has 0 atom stereocenters. The Morgan fingerprint density at radius 3 is 2.91 bits per heavy atom. The molecule has 1 heterocycles. The van der Waals surface area contributed by atoms with E-state index in [1.165, 1.54) is 6.20 Å². The minimum absolute atomic E-state index is 0.406. The minimum atomic E-state index is 0.406. The molecule has 56 valence electrons. The van der Waals surface area contributed by atoms with Crippen molar-refractivity contribution in [3.63, 3.8) is 0 Å². The first-order valence-corrected chi connectivity index (χ1v) is 3.11. The van der Waals surface area contributed by atoms with Gasteiger partial charge < -0.3 is 11.1 Å². The van der Waals surface area contributed by atoms with Gasteiger partial charge in [-0.3, -0.25) is 0 Å². The van der Waals surface area contributed by atoms with Crippen LogP contribution in [0.4, 0.5) is 11.5 Å². The van der Waals surface area contributed by atoms with Gasteiger partial charge >= 0.3 is 0 Å². The van der Waals surface area contributed by atoms with Crippen LogP contribution in [0.5, 0.6) is 0 Å². The largest absolute Gasteiger partial charge is 0.398 e. The molecule has 11 heavy (non-hydrogen) atoms. The zero-order chi connectivity index (χ0) is 8.27. The summed E-state index contributed by atoms with van der Waals surface area (Å²) in [6.07, 6.45) is 1.45. The average Bonchev–Trinajstić information content (AvgIpc) is 2.04. The van der Waals surface area contributed by atoms with Crippen molar-refractivity contribution in [2.45, 2.75) is 0 Å². The highest BCUT2D eigenvalue weighted by Gasteiger charge is 1.98. The SMILES string of the molecule is CNc1cc(N)c(C#N)cn1. The van der Waals surface area contributed by atoms with Gasteiger partial charge in [0.1, 0.15) is 11.9 Å². The molecule has 0 saturated carbocycles. The number of pyridine rings is 1. The molecule has 4 nitrogen and oxygen atoms in total. The van der Waals surface area contributed by atoms with Crippen LogP contribution in [0.15, 0.2) is 12.3 Å². The van der Waals surface area contributed by atoms with Crippen molar-refractivity contribution in [1.82, 2.24) is 4.98 Å². The quantitative estimate of drug-likeness (QED) is 0.610. The Labute approximate surface area is 64.7 Å². The Balaban J connectivity index is 3.12. The molecule has 0 radical (unpaired) electrons. The van der Waals surface area contributed by atoms with Crippen molar-refractivity contribution in [3.05, 3.63) is 17.8 Å². The van der Waals surface area contributed by atoms with Crippen molar-refractivity contribution in [2.24, 2.45) is 0 Å². The van der Waals surface area contributed by atoms with Gasteiger partial charge in [0.2, 0.25) is 0 Å². The van der Waals surface area contributed by atoms with Gasteiger partial charge in [-0.1, -0.05) is 0 Å². The highest BCUT2D eigenvalue weighted by Crippen LogP contribution is 2.12. The minimum Gasteiger partial charge on any atom is -0.398 e. The van der Waals surface area contributed by atoms with Crippen molar-refractivity contribution in [3.8, 4) is 6.07 Å². The fraction of sp³-hybridized carbons (Fsp3) is 0.143. The summed E-state index contributed by atoms with van der Waals surface area (Å²) in [6, 6.07) is 3.55. The average molecular weight is 148 g/mol. The second kappa shape index (κ2) is 2.88. The lowest BCUT2D eigenvalue weighted by Gasteiger charge is -2.00. The molecule has 0 aliphatic carbocycles. The van der Waals surface area contributed by atoms with Crippen LogP contribution in [0.3, 0.4) is 0 Å². The lowest BCUT2D eigenvalue weighted by atomic mass is 10.2. The summed E-state index contributed by atoms with van der Waals surface area (Å²) in [7, 11) is 1.74. The topological polar surface area (TPSA) is 74.7 Å². The van der Waals surface area contributed by atoms with E-state index >= 15 is 0 Å². The van der Waals surface area contributed by atoms with Crippen LogP contribution in [0.25, 0.3) is 0 Å². The van der Waals surface area contributed by atoms with E-state index in [0.29, 0.717) is 17.1 Å².